The van der Waals surface area contributed by atoms with Gasteiger partial charge in [-0.3, -0.25) is 9.59 Å². The average Bonchev–Trinajstić information content (AvgIpc) is 2.98. The lowest BCUT2D eigenvalue weighted by atomic mass is 9.91. The lowest BCUT2D eigenvalue weighted by Gasteiger charge is -2.23. The number of urea groups is 1. The molecule has 164 valence electrons. The molecule has 4 amide bonds. The van der Waals surface area contributed by atoms with E-state index in [2.05, 4.69) is 17.6 Å². The molecule has 31 heavy (non-hydrogen) atoms. The number of amides is 4. The van der Waals surface area contributed by atoms with Crippen LogP contribution in [0.15, 0.2) is 48.5 Å². The van der Waals surface area contributed by atoms with Gasteiger partial charge in [-0.1, -0.05) is 49.7 Å². The second-order valence-corrected chi connectivity index (χ2v) is 8.30. The monoisotopic (exact) mass is 423 g/mol. The maximum absolute atomic E-state index is 13.2. The topological polar surface area (TPSA) is 82.9 Å². The zero-order valence-electron chi connectivity index (χ0n) is 18.6. The summed E-state index contributed by atoms with van der Waals surface area (Å²) < 4.78 is 0. The number of aryl methyl sites for hydroxylation is 1. The van der Waals surface area contributed by atoms with Gasteiger partial charge >= 0.3 is 6.03 Å². The van der Waals surface area contributed by atoms with Crippen LogP contribution in [-0.4, -0.2) is 43.5 Å². The van der Waals surface area contributed by atoms with Crippen molar-refractivity contribution in [1.82, 2.24) is 15.5 Å². The second kappa shape index (κ2) is 9.31. The lowest BCUT2D eigenvalue weighted by molar-refractivity contribution is -0.901. The molecule has 3 rings (SSSR count). The molecule has 0 spiro atoms. The Labute approximate surface area is 183 Å². The molecule has 0 bridgehead atoms. The third-order valence-electron chi connectivity index (χ3n) is 5.72. The maximum atomic E-state index is 13.2. The van der Waals surface area contributed by atoms with Crippen molar-refractivity contribution in [3.63, 3.8) is 0 Å². The lowest BCUT2D eigenvalue weighted by Crippen LogP contribution is -3.09. The number of nitrogens with zero attached hydrogens (tertiary/aromatic N) is 1. The Kier molecular flexibility index (Phi) is 6.75. The molecule has 0 radical (unpaired) electrons. The Balaban J connectivity index is 1.67. The average molecular weight is 424 g/mol. The number of benzene rings is 2. The molecule has 1 aliphatic heterocycles. The summed E-state index contributed by atoms with van der Waals surface area (Å²) in [6, 6.07) is 14.8. The first kappa shape index (κ1) is 22.5. The van der Waals surface area contributed by atoms with Gasteiger partial charge in [-0.25, -0.2) is 9.69 Å². The van der Waals surface area contributed by atoms with Crippen molar-refractivity contribution in [1.29, 1.82) is 0 Å². The summed E-state index contributed by atoms with van der Waals surface area (Å²) in [5.74, 6) is -0.372. The van der Waals surface area contributed by atoms with E-state index in [0.29, 0.717) is 12.1 Å². The molecule has 0 saturated carbocycles. The molecule has 1 unspecified atom stereocenters. The van der Waals surface area contributed by atoms with Crippen molar-refractivity contribution in [2.75, 3.05) is 20.8 Å². The minimum atomic E-state index is -1.06. The van der Waals surface area contributed by atoms with E-state index in [1.165, 1.54) is 10.5 Å². The summed E-state index contributed by atoms with van der Waals surface area (Å²) in [7, 11) is 3.53. The minimum absolute atomic E-state index is 0.131. The Morgan fingerprint density at radius 3 is 2.26 bits per heavy atom. The standard InChI is InChI=1S/C24H30N4O3/c1-5-6-17-9-13-20(14-10-17)24(2)22(30)28(23(31)26-24)16-27(4)15-18-7-11-19(12-8-18)21(29)25-3/h7-14H,5-6,15-16H2,1-4H3,(H,25,29)(H,26,31)/p+1/t24-/m1/s1. The molecule has 0 aromatic heterocycles. The third-order valence-corrected chi connectivity index (χ3v) is 5.72. The zero-order valence-corrected chi connectivity index (χ0v) is 18.6. The first-order valence-electron chi connectivity index (χ1n) is 10.6. The maximum Gasteiger partial charge on any atom is 0.329 e. The Bertz CT molecular complexity index is 956. The van der Waals surface area contributed by atoms with E-state index in [4.69, 9.17) is 0 Å². The van der Waals surface area contributed by atoms with Crippen molar-refractivity contribution in [3.8, 4) is 0 Å². The van der Waals surface area contributed by atoms with E-state index in [1.54, 1.807) is 26.1 Å². The van der Waals surface area contributed by atoms with Crippen molar-refractivity contribution < 1.29 is 19.3 Å². The highest BCUT2D eigenvalue weighted by molar-refractivity contribution is 6.07. The molecule has 1 heterocycles. The van der Waals surface area contributed by atoms with Crippen LogP contribution in [-0.2, 0) is 23.3 Å². The SMILES string of the molecule is CCCc1ccc([C@@]2(C)NC(=O)N(C[NH+](C)Cc3ccc(C(=O)NC)cc3)C2=O)cc1. The van der Waals surface area contributed by atoms with E-state index in [1.807, 2.05) is 43.4 Å². The van der Waals surface area contributed by atoms with Gasteiger partial charge in [-0.2, -0.15) is 0 Å². The van der Waals surface area contributed by atoms with Crippen molar-refractivity contribution in [2.45, 2.75) is 38.8 Å². The van der Waals surface area contributed by atoms with Gasteiger partial charge in [0, 0.05) is 18.2 Å². The Hall–Kier alpha value is -3.19. The fraction of sp³-hybridized carbons (Fsp3) is 0.375. The summed E-state index contributed by atoms with van der Waals surface area (Å²) in [6.45, 7) is 4.76. The predicted molar refractivity (Wildman–Crippen MR) is 118 cm³/mol. The van der Waals surface area contributed by atoms with Crippen LogP contribution in [0.5, 0.6) is 0 Å². The number of imide groups is 1. The predicted octanol–water partition coefficient (Wildman–Crippen LogP) is 1.44. The molecule has 2 aromatic carbocycles. The summed E-state index contributed by atoms with van der Waals surface area (Å²) in [4.78, 5) is 39.7. The summed E-state index contributed by atoms with van der Waals surface area (Å²) >= 11 is 0. The zero-order chi connectivity index (χ0) is 22.6. The van der Waals surface area contributed by atoms with Crippen LogP contribution in [0.2, 0.25) is 0 Å². The van der Waals surface area contributed by atoms with Crippen LogP contribution in [0.3, 0.4) is 0 Å². The molecule has 1 aliphatic rings. The summed E-state index contributed by atoms with van der Waals surface area (Å²) in [5.41, 5.74) is 2.56. The van der Waals surface area contributed by atoms with Crippen LogP contribution in [0.1, 0.15) is 47.3 Å². The van der Waals surface area contributed by atoms with Crippen molar-refractivity contribution >= 4 is 17.8 Å². The largest absolute Gasteiger partial charge is 0.355 e. The molecule has 1 saturated heterocycles. The summed E-state index contributed by atoms with van der Waals surface area (Å²) in [6.07, 6.45) is 2.05. The number of carbonyl (C=O) groups is 3. The number of hydrogen-bond donors (Lipinski definition) is 3. The number of carbonyl (C=O) groups excluding carboxylic acids is 3. The number of quaternary nitrogens is 1. The fourth-order valence-electron chi connectivity index (χ4n) is 3.92. The van der Waals surface area contributed by atoms with Gasteiger partial charge in [0.15, 0.2) is 6.67 Å². The van der Waals surface area contributed by atoms with Gasteiger partial charge in [0.2, 0.25) is 0 Å². The molecule has 2 atom stereocenters. The number of rotatable bonds is 8. The van der Waals surface area contributed by atoms with Gasteiger partial charge in [-0.05, 0) is 36.6 Å². The molecule has 0 aliphatic carbocycles. The van der Waals surface area contributed by atoms with Crippen molar-refractivity contribution in [3.05, 3.63) is 70.8 Å². The number of nitrogens with one attached hydrogen (secondary N) is 3. The minimum Gasteiger partial charge on any atom is -0.355 e. The van der Waals surface area contributed by atoms with E-state index < -0.39 is 5.54 Å². The third kappa shape index (κ3) is 4.77. The molecular formula is C24H31N4O3+. The molecule has 1 fully saturated rings. The number of hydrogen-bond acceptors (Lipinski definition) is 3. The van der Waals surface area contributed by atoms with Crippen LogP contribution in [0.25, 0.3) is 0 Å². The summed E-state index contributed by atoms with van der Waals surface area (Å²) in [5, 5.41) is 5.47. The van der Waals surface area contributed by atoms with Gasteiger partial charge in [0.1, 0.15) is 12.1 Å². The van der Waals surface area contributed by atoms with E-state index in [9.17, 15) is 14.4 Å². The molecule has 3 N–H and O–H groups in total. The van der Waals surface area contributed by atoms with E-state index >= 15 is 0 Å². The van der Waals surface area contributed by atoms with Crippen LogP contribution in [0.4, 0.5) is 4.79 Å². The second-order valence-electron chi connectivity index (χ2n) is 8.30. The highest BCUT2D eigenvalue weighted by Gasteiger charge is 2.49. The van der Waals surface area contributed by atoms with Crippen LogP contribution < -0.4 is 15.5 Å². The van der Waals surface area contributed by atoms with Gasteiger partial charge < -0.3 is 15.5 Å². The first-order valence-corrected chi connectivity index (χ1v) is 10.6. The molecule has 7 nitrogen and oxygen atoms in total. The fourth-order valence-corrected chi connectivity index (χ4v) is 3.92. The van der Waals surface area contributed by atoms with E-state index in [-0.39, 0.29) is 24.5 Å². The molecular weight excluding hydrogens is 392 g/mol. The molecule has 2 aromatic rings. The van der Waals surface area contributed by atoms with Gasteiger partial charge in [0.25, 0.3) is 11.8 Å². The highest BCUT2D eigenvalue weighted by Crippen LogP contribution is 2.28. The highest BCUT2D eigenvalue weighted by atomic mass is 16.2. The van der Waals surface area contributed by atoms with Crippen LogP contribution in [0, 0.1) is 0 Å². The Morgan fingerprint density at radius 1 is 1.06 bits per heavy atom. The van der Waals surface area contributed by atoms with Gasteiger partial charge in [-0.15, -0.1) is 0 Å². The first-order chi connectivity index (χ1) is 14.8. The normalized spacial score (nSPS) is 19.3. The van der Waals surface area contributed by atoms with Crippen LogP contribution >= 0.6 is 0 Å². The quantitative estimate of drug-likeness (QED) is 0.562. The van der Waals surface area contributed by atoms with Gasteiger partial charge in [0.05, 0.1) is 7.05 Å². The smallest absolute Gasteiger partial charge is 0.329 e. The van der Waals surface area contributed by atoms with Crippen molar-refractivity contribution in [2.24, 2.45) is 0 Å². The Morgan fingerprint density at radius 2 is 1.68 bits per heavy atom. The van der Waals surface area contributed by atoms with E-state index in [0.717, 1.165) is 28.9 Å². The molecule has 7 heteroatoms.